The zero-order chi connectivity index (χ0) is 23.6. The Bertz CT molecular complexity index is 1250. The minimum atomic E-state index is 0.504. The van der Waals surface area contributed by atoms with Crippen LogP contribution in [0.4, 0.5) is 10.9 Å². The van der Waals surface area contributed by atoms with Crippen molar-refractivity contribution >= 4 is 27.2 Å². The number of aryl methyl sites for hydroxylation is 1. The number of fused-ring (bicyclic) bond motifs is 1. The van der Waals surface area contributed by atoms with Crippen LogP contribution in [-0.2, 0) is 13.0 Å². The highest BCUT2D eigenvalue weighted by molar-refractivity contribution is 7.20. The molecule has 35 heavy (non-hydrogen) atoms. The van der Waals surface area contributed by atoms with E-state index in [0.29, 0.717) is 6.04 Å². The molecular weight excluding hydrogens is 454 g/mol. The number of anilines is 2. The van der Waals surface area contributed by atoms with Gasteiger partial charge in [0.2, 0.25) is 10.1 Å². The Balaban J connectivity index is 1.23. The van der Waals surface area contributed by atoms with Gasteiger partial charge in [0, 0.05) is 50.5 Å². The van der Waals surface area contributed by atoms with Gasteiger partial charge in [-0.3, -0.25) is 9.88 Å². The first kappa shape index (κ1) is 22.5. The van der Waals surface area contributed by atoms with Crippen LogP contribution >= 0.6 is 11.3 Å². The molecule has 182 valence electrons. The van der Waals surface area contributed by atoms with E-state index in [9.17, 15) is 0 Å². The third kappa shape index (κ3) is 4.77. The second-order valence-electron chi connectivity index (χ2n) is 9.65. The molecular formula is C27H33N7S. The third-order valence-corrected chi connectivity index (χ3v) is 8.25. The molecule has 6 rings (SSSR count). The normalized spacial score (nSPS) is 17.5. The summed E-state index contributed by atoms with van der Waals surface area (Å²) in [6.45, 7) is 7.08. The summed E-state index contributed by atoms with van der Waals surface area (Å²) in [4.78, 5) is 15.4. The number of hydrogen-bond acceptors (Lipinski definition) is 7. The van der Waals surface area contributed by atoms with Gasteiger partial charge in [-0.05, 0) is 37.0 Å². The van der Waals surface area contributed by atoms with E-state index in [-0.39, 0.29) is 0 Å². The quantitative estimate of drug-likeness (QED) is 0.392. The number of benzene rings is 1. The highest BCUT2D eigenvalue weighted by Gasteiger charge is 2.25. The van der Waals surface area contributed by atoms with Crippen LogP contribution < -0.4 is 10.2 Å². The molecule has 1 aliphatic carbocycles. The zero-order valence-corrected chi connectivity index (χ0v) is 21.2. The molecule has 1 saturated heterocycles. The lowest BCUT2D eigenvalue weighted by Gasteiger charge is -2.34. The van der Waals surface area contributed by atoms with Crippen molar-refractivity contribution in [2.75, 3.05) is 36.4 Å². The van der Waals surface area contributed by atoms with E-state index in [2.05, 4.69) is 67.9 Å². The van der Waals surface area contributed by atoms with Crippen LogP contribution in [0.25, 0.3) is 16.2 Å². The van der Waals surface area contributed by atoms with Gasteiger partial charge in [-0.2, -0.15) is 4.52 Å². The highest BCUT2D eigenvalue weighted by atomic mass is 32.1. The summed E-state index contributed by atoms with van der Waals surface area (Å²) >= 11 is 1.70. The molecule has 0 unspecified atom stereocenters. The van der Waals surface area contributed by atoms with E-state index >= 15 is 0 Å². The Morgan fingerprint density at radius 3 is 2.51 bits per heavy atom. The predicted molar refractivity (Wildman–Crippen MR) is 143 cm³/mol. The number of rotatable bonds is 7. The van der Waals surface area contributed by atoms with E-state index in [1.54, 1.807) is 11.3 Å². The Morgan fingerprint density at radius 1 is 1.00 bits per heavy atom. The van der Waals surface area contributed by atoms with E-state index < -0.39 is 0 Å². The number of piperazine rings is 1. The summed E-state index contributed by atoms with van der Waals surface area (Å²) in [5.41, 5.74) is 4.66. The van der Waals surface area contributed by atoms with Crippen molar-refractivity contribution in [3.8, 4) is 11.3 Å². The summed E-state index contributed by atoms with van der Waals surface area (Å²) in [5, 5.41) is 9.96. The number of nitrogens with one attached hydrogen (secondary N) is 1. The molecule has 0 bridgehead atoms. The fraction of sp³-hybridized carbons (Fsp3) is 0.444. The minimum Gasteiger partial charge on any atom is -0.365 e. The fourth-order valence-corrected chi connectivity index (χ4v) is 6.13. The van der Waals surface area contributed by atoms with Gasteiger partial charge in [0.05, 0.1) is 5.69 Å². The molecule has 2 fully saturated rings. The van der Waals surface area contributed by atoms with Gasteiger partial charge in [0.15, 0.2) is 5.82 Å². The molecule has 8 heteroatoms. The van der Waals surface area contributed by atoms with Gasteiger partial charge in [-0.1, -0.05) is 61.4 Å². The summed E-state index contributed by atoms with van der Waals surface area (Å²) in [5.74, 6) is 1.05. The molecule has 0 amide bonds. The van der Waals surface area contributed by atoms with Crippen LogP contribution in [0.15, 0.2) is 48.7 Å². The fourth-order valence-electron chi connectivity index (χ4n) is 5.18. The minimum absolute atomic E-state index is 0.504. The number of pyridine rings is 1. The van der Waals surface area contributed by atoms with Crippen LogP contribution in [0.3, 0.4) is 0 Å². The van der Waals surface area contributed by atoms with E-state index in [0.717, 1.165) is 72.0 Å². The van der Waals surface area contributed by atoms with E-state index in [1.165, 1.54) is 31.2 Å². The molecule has 0 atom stereocenters. The van der Waals surface area contributed by atoms with Crippen molar-refractivity contribution in [2.45, 2.75) is 51.6 Å². The molecule has 1 aromatic carbocycles. The maximum atomic E-state index is 5.08. The first-order chi connectivity index (χ1) is 17.3. The summed E-state index contributed by atoms with van der Waals surface area (Å²) < 4.78 is 2.06. The van der Waals surface area contributed by atoms with E-state index in [1.807, 2.05) is 12.3 Å². The lowest BCUT2D eigenvalue weighted by molar-refractivity contribution is 0.247. The Kier molecular flexibility index (Phi) is 6.39. The van der Waals surface area contributed by atoms with Gasteiger partial charge in [0.25, 0.3) is 0 Å². The molecule has 1 N–H and O–H groups in total. The van der Waals surface area contributed by atoms with Crippen LogP contribution in [0.5, 0.6) is 0 Å². The average Bonchev–Trinajstić information content (AvgIpc) is 3.64. The van der Waals surface area contributed by atoms with Crippen molar-refractivity contribution in [3.05, 3.63) is 59.9 Å². The average molecular weight is 488 g/mol. The Labute approximate surface area is 210 Å². The first-order valence-electron chi connectivity index (χ1n) is 12.9. The van der Waals surface area contributed by atoms with Gasteiger partial charge in [-0.15, -0.1) is 5.10 Å². The van der Waals surface area contributed by atoms with Crippen molar-refractivity contribution in [1.29, 1.82) is 0 Å². The van der Waals surface area contributed by atoms with Crippen LogP contribution in [-0.4, -0.2) is 56.7 Å². The molecule has 4 aromatic rings. The maximum Gasteiger partial charge on any atom is 0.216 e. The lowest BCUT2D eigenvalue weighted by atomic mass is 10.1. The highest BCUT2D eigenvalue weighted by Crippen LogP contribution is 2.35. The predicted octanol–water partition coefficient (Wildman–Crippen LogP) is 5.09. The molecule has 2 aliphatic rings. The largest absolute Gasteiger partial charge is 0.365 e. The van der Waals surface area contributed by atoms with Crippen molar-refractivity contribution in [2.24, 2.45) is 0 Å². The Hall–Kier alpha value is -2.97. The molecule has 4 heterocycles. The summed E-state index contributed by atoms with van der Waals surface area (Å²) in [6, 6.07) is 15.5. The van der Waals surface area contributed by atoms with Crippen molar-refractivity contribution in [3.63, 3.8) is 0 Å². The van der Waals surface area contributed by atoms with Crippen LogP contribution in [0, 0.1) is 0 Å². The number of imidazole rings is 1. The first-order valence-corrected chi connectivity index (χ1v) is 13.7. The standard InChI is InChI=1S/C27H33N7S/c1-2-20-10-12-21(13-11-20)24-25(29-22-7-3-4-8-22)34-26(30-24)35-27(31-34)33-17-15-32(16-18-33)19-23-9-5-6-14-28-23/h5-6,9-14,22,29H,2-4,7-8,15-19H2,1H3. The van der Waals surface area contributed by atoms with Crippen molar-refractivity contribution in [1.82, 2.24) is 24.5 Å². The summed E-state index contributed by atoms with van der Waals surface area (Å²) in [6.07, 6.45) is 7.95. The van der Waals surface area contributed by atoms with Crippen LogP contribution in [0.1, 0.15) is 43.9 Å². The number of nitrogens with zero attached hydrogens (tertiary/aromatic N) is 6. The number of aromatic nitrogens is 4. The van der Waals surface area contributed by atoms with Gasteiger partial charge >= 0.3 is 0 Å². The molecule has 7 nitrogen and oxygen atoms in total. The van der Waals surface area contributed by atoms with Gasteiger partial charge in [0.1, 0.15) is 5.69 Å². The molecule has 0 radical (unpaired) electrons. The second-order valence-corrected chi connectivity index (χ2v) is 10.6. The maximum absolute atomic E-state index is 5.08. The van der Waals surface area contributed by atoms with Gasteiger partial charge < -0.3 is 10.2 Å². The SMILES string of the molecule is CCc1ccc(-c2nc3sc(N4CCN(Cc5ccccn5)CC4)nn3c2NC2CCCC2)cc1. The molecule has 0 spiro atoms. The molecule has 1 aliphatic heterocycles. The molecule has 1 saturated carbocycles. The summed E-state index contributed by atoms with van der Waals surface area (Å²) in [7, 11) is 0. The topological polar surface area (TPSA) is 61.6 Å². The van der Waals surface area contributed by atoms with E-state index in [4.69, 9.17) is 10.1 Å². The third-order valence-electron chi connectivity index (χ3n) is 7.28. The zero-order valence-electron chi connectivity index (χ0n) is 20.4. The lowest BCUT2D eigenvalue weighted by Crippen LogP contribution is -2.46. The van der Waals surface area contributed by atoms with Gasteiger partial charge in [-0.25, -0.2) is 4.98 Å². The second kappa shape index (κ2) is 9.95. The van der Waals surface area contributed by atoms with Crippen molar-refractivity contribution < 1.29 is 0 Å². The smallest absolute Gasteiger partial charge is 0.216 e. The molecule has 3 aromatic heterocycles. The monoisotopic (exact) mass is 487 g/mol. The van der Waals surface area contributed by atoms with Crippen LogP contribution in [0.2, 0.25) is 0 Å². The Morgan fingerprint density at radius 2 is 1.80 bits per heavy atom. The number of hydrogen-bond donors (Lipinski definition) is 1.